The van der Waals surface area contributed by atoms with Crippen molar-refractivity contribution >= 4 is 33.2 Å². The Hall–Kier alpha value is -3.34. The van der Waals surface area contributed by atoms with Crippen LogP contribution >= 0.6 is 11.6 Å². The number of halogens is 1. The fourth-order valence-corrected chi connectivity index (χ4v) is 9.23. The van der Waals surface area contributed by atoms with Crippen LogP contribution in [-0.4, -0.2) is 50.5 Å². The Morgan fingerprint density at radius 1 is 1.15 bits per heavy atom. The van der Waals surface area contributed by atoms with Gasteiger partial charge in [0, 0.05) is 34.7 Å². The number of rotatable bonds is 3. The SMILES string of the molecule is Cc1noc(C)c1CO[C@H]1/C=C/CC[C@@H](C)S(=O)(=O)NC(=O)c2ccc3c(c2)N(C[C@@H]2CC[C@H]21)C[C@@]1(CCCc2cc(Cl)ccc21)CO3. The molecule has 1 N–H and O–H groups in total. The maximum atomic E-state index is 13.4. The number of fused-ring (bicyclic) bond motifs is 4. The van der Waals surface area contributed by atoms with Crippen molar-refractivity contribution in [3.63, 3.8) is 0 Å². The molecular formula is C37H44ClN3O6S. The highest BCUT2D eigenvalue weighted by atomic mass is 35.5. The molecule has 2 aromatic carbocycles. The highest BCUT2D eigenvalue weighted by Crippen LogP contribution is 2.47. The number of allylic oxidation sites excluding steroid dienone is 1. The normalized spacial score (nSPS) is 29.1. The number of benzene rings is 2. The Labute approximate surface area is 288 Å². The summed E-state index contributed by atoms with van der Waals surface area (Å²) in [6.07, 6.45) is 9.97. The molecule has 11 heteroatoms. The van der Waals surface area contributed by atoms with Crippen LogP contribution < -0.4 is 14.4 Å². The van der Waals surface area contributed by atoms with Crippen molar-refractivity contribution in [2.24, 2.45) is 11.8 Å². The number of amides is 1. The zero-order chi connectivity index (χ0) is 33.6. The van der Waals surface area contributed by atoms with Gasteiger partial charge in [0.1, 0.15) is 11.5 Å². The van der Waals surface area contributed by atoms with E-state index in [1.54, 1.807) is 19.1 Å². The second kappa shape index (κ2) is 13.2. The van der Waals surface area contributed by atoms with Crippen molar-refractivity contribution in [2.45, 2.75) is 89.1 Å². The van der Waals surface area contributed by atoms with Gasteiger partial charge < -0.3 is 18.9 Å². The topological polar surface area (TPSA) is 111 Å². The number of carbonyl (C=O) groups excluding carboxylic acids is 1. The van der Waals surface area contributed by atoms with Gasteiger partial charge in [-0.25, -0.2) is 13.1 Å². The summed E-state index contributed by atoms with van der Waals surface area (Å²) in [5, 5.41) is 4.09. The molecule has 48 heavy (non-hydrogen) atoms. The summed E-state index contributed by atoms with van der Waals surface area (Å²) in [6, 6.07) is 11.5. The van der Waals surface area contributed by atoms with E-state index < -0.39 is 21.2 Å². The van der Waals surface area contributed by atoms with Crippen LogP contribution in [0.2, 0.25) is 5.02 Å². The van der Waals surface area contributed by atoms with Crippen LogP contribution in [0.25, 0.3) is 0 Å². The first kappa shape index (κ1) is 33.2. The van der Waals surface area contributed by atoms with Crippen molar-refractivity contribution < 1.29 is 27.2 Å². The summed E-state index contributed by atoms with van der Waals surface area (Å²) in [5.41, 5.74) is 5.16. The maximum Gasteiger partial charge on any atom is 0.264 e. The molecule has 2 aliphatic carbocycles. The molecule has 256 valence electrons. The molecular weight excluding hydrogens is 650 g/mol. The van der Waals surface area contributed by atoms with Gasteiger partial charge in [-0.1, -0.05) is 35.0 Å². The second-order valence-electron chi connectivity index (χ2n) is 14.2. The van der Waals surface area contributed by atoms with Gasteiger partial charge in [0.2, 0.25) is 10.0 Å². The van der Waals surface area contributed by atoms with Gasteiger partial charge >= 0.3 is 0 Å². The molecule has 5 atom stereocenters. The number of nitrogens with zero attached hydrogens (tertiary/aromatic N) is 2. The minimum Gasteiger partial charge on any atom is -0.490 e. The van der Waals surface area contributed by atoms with Gasteiger partial charge in [0.05, 0.1) is 35.9 Å². The van der Waals surface area contributed by atoms with Gasteiger partial charge in [-0.2, -0.15) is 0 Å². The van der Waals surface area contributed by atoms with E-state index in [4.69, 9.17) is 25.6 Å². The predicted octanol–water partition coefficient (Wildman–Crippen LogP) is 6.83. The van der Waals surface area contributed by atoms with Gasteiger partial charge in [0.15, 0.2) is 0 Å². The monoisotopic (exact) mass is 693 g/mol. The van der Waals surface area contributed by atoms with E-state index in [1.165, 1.54) is 11.1 Å². The Bertz CT molecular complexity index is 1820. The third-order valence-corrected chi connectivity index (χ3v) is 13.1. The lowest BCUT2D eigenvalue weighted by atomic mass is 9.68. The summed E-state index contributed by atoms with van der Waals surface area (Å²) in [6.45, 7) is 7.83. The molecule has 0 unspecified atom stereocenters. The number of carbonyl (C=O) groups is 1. The lowest BCUT2D eigenvalue weighted by Crippen LogP contribution is -2.49. The van der Waals surface area contributed by atoms with Crippen LogP contribution in [0.3, 0.4) is 0 Å². The van der Waals surface area contributed by atoms with E-state index in [0.717, 1.165) is 66.4 Å². The maximum absolute atomic E-state index is 13.4. The van der Waals surface area contributed by atoms with Crippen molar-refractivity contribution in [2.75, 3.05) is 24.6 Å². The zero-order valence-corrected chi connectivity index (χ0v) is 29.4. The molecule has 9 nitrogen and oxygen atoms in total. The standard InChI is InChI=1S/C37H44ClN3O6S/c1-23-7-4-5-9-34(45-20-31-24(2)39-47-25(31)3)30-13-10-28(30)19-41-21-37(16-6-8-26-17-29(38)12-14-32(26)37)22-46-35-15-11-27(18-33(35)41)36(42)40-48(23,43)44/h5,9,11-12,14-15,17-18,23,28,30,34H,4,6-8,10,13,16,19-22H2,1-3H3,(H,40,42)/b9-5+/t23-,28+,30-,34+,37+/m1/s1. The van der Waals surface area contributed by atoms with Crippen LogP contribution in [0.5, 0.6) is 5.75 Å². The summed E-state index contributed by atoms with van der Waals surface area (Å²) < 4.78 is 47.4. The molecule has 1 fully saturated rings. The number of anilines is 1. The molecule has 3 heterocycles. The van der Waals surface area contributed by atoms with Crippen molar-refractivity contribution in [3.8, 4) is 5.75 Å². The average molecular weight is 694 g/mol. The van der Waals surface area contributed by atoms with Crippen LogP contribution in [-0.2, 0) is 33.2 Å². The second-order valence-corrected chi connectivity index (χ2v) is 16.7. The number of hydrogen-bond donors (Lipinski definition) is 1. The number of aryl methyl sites for hydroxylation is 3. The third-order valence-electron chi connectivity index (χ3n) is 11.1. The minimum absolute atomic E-state index is 0.155. The summed E-state index contributed by atoms with van der Waals surface area (Å²) in [5.74, 6) is 1.43. The van der Waals surface area contributed by atoms with Gasteiger partial charge in [-0.3, -0.25) is 4.79 Å². The molecule has 2 bridgehead atoms. The van der Waals surface area contributed by atoms with E-state index in [0.29, 0.717) is 49.8 Å². The third kappa shape index (κ3) is 6.39. The van der Waals surface area contributed by atoms with E-state index in [2.05, 4.69) is 33.0 Å². The van der Waals surface area contributed by atoms with Crippen LogP contribution in [0.1, 0.15) is 84.0 Å². The molecule has 4 aliphatic rings. The zero-order valence-electron chi connectivity index (χ0n) is 27.8. The number of ether oxygens (including phenoxy) is 2. The van der Waals surface area contributed by atoms with Gasteiger partial charge in [-0.15, -0.1) is 0 Å². The Balaban J connectivity index is 1.27. The minimum atomic E-state index is -3.90. The number of sulfonamides is 1. The van der Waals surface area contributed by atoms with Crippen LogP contribution in [0.15, 0.2) is 53.1 Å². The largest absolute Gasteiger partial charge is 0.490 e. The first-order valence-electron chi connectivity index (χ1n) is 17.1. The number of aromatic nitrogens is 1. The highest BCUT2D eigenvalue weighted by Gasteiger charge is 2.44. The van der Waals surface area contributed by atoms with Gasteiger partial charge in [0.25, 0.3) is 5.91 Å². The molecule has 1 saturated carbocycles. The smallest absolute Gasteiger partial charge is 0.264 e. The lowest BCUT2D eigenvalue weighted by Gasteiger charge is -2.46. The first-order chi connectivity index (χ1) is 23.0. The first-order valence-corrected chi connectivity index (χ1v) is 19.0. The molecule has 1 spiro atoms. The fourth-order valence-electron chi connectivity index (χ4n) is 8.01. The molecule has 3 aromatic rings. The van der Waals surface area contributed by atoms with Crippen molar-refractivity contribution in [3.05, 3.63) is 87.3 Å². The van der Waals surface area contributed by atoms with Crippen LogP contribution in [0.4, 0.5) is 5.69 Å². The number of hydrogen-bond acceptors (Lipinski definition) is 8. The molecule has 0 radical (unpaired) electrons. The van der Waals surface area contributed by atoms with Crippen LogP contribution in [0, 0.1) is 25.7 Å². The quantitative estimate of drug-likeness (QED) is 0.298. The average Bonchev–Trinajstić information content (AvgIpc) is 3.28. The summed E-state index contributed by atoms with van der Waals surface area (Å²) >= 11 is 6.45. The summed E-state index contributed by atoms with van der Waals surface area (Å²) in [4.78, 5) is 15.8. The predicted molar refractivity (Wildman–Crippen MR) is 185 cm³/mol. The van der Waals surface area contributed by atoms with Crippen molar-refractivity contribution in [1.82, 2.24) is 9.88 Å². The molecule has 1 amide bonds. The van der Waals surface area contributed by atoms with E-state index in [-0.39, 0.29) is 17.4 Å². The fraction of sp³-hybridized carbons (Fsp3) is 0.514. The van der Waals surface area contributed by atoms with E-state index >= 15 is 0 Å². The highest BCUT2D eigenvalue weighted by molar-refractivity contribution is 7.90. The van der Waals surface area contributed by atoms with E-state index in [1.807, 2.05) is 32.1 Å². The van der Waals surface area contributed by atoms with Crippen molar-refractivity contribution in [1.29, 1.82) is 0 Å². The Morgan fingerprint density at radius 3 is 2.77 bits per heavy atom. The molecule has 2 aliphatic heterocycles. The Kier molecular flexibility index (Phi) is 9.10. The lowest BCUT2D eigenvalue weighted by molar-refractivity contribution is -0.0231. The Morgan fingerprint density at radius 2 is 2.00 bits per heavy atom. The number of nitrogens with one attached hydrogen (secondary N) is 1. The summed E-state index contributed by atoms with van der Waals surface area (Å²) in [7, 11) is -3.90. The molecule has 0 saturated heterocycles. The molecule has 1 aromatic heterocycles. The van der Waals surface area contributed by atoms with E-state index in [9.17, 15) is 13.2 Å². The van der Waals surface area contributed by atoms with Gasteiger partial charge in [-0.05, 0) is 119 Å². The molecule has 7 rings (SSSR count).